The van der Waals surface area contributed by atoms with Crippen LogP contribution in [-0.2, 0) is 11.2 Å². The number of para-hydroxylation sites is 2. The fraction of sp³-hybridized carbons (Fsp3) is 0.385. The highest BCUT2D eigenvalue weighted by molar-refractivity contribution is 5.94. The van der Waals surface area contributed by atoms with E-state index < -0.39 is 41.7 Å². The lowest BCUT2D eigenvalue weighted by Crippen LogP contribution is -2.47. The molecular weight excluding hydrogens is 467 g/mol. The number of aliphatic hydroxyl groups excluding tert-OH is 1. The second-order valence-electron chi connectivity index (χ2n) is 9.37. The molecule has 10 heteroatoms. The van der Waals surface area contributed by atoms with Gasteiger partial charge >= 0.3 is 6.09 Å². The fourth-order valence-corrected chi connectivity index (χ4v) is 3.85. The lowest BCUT2D eigenvalue weighted by Gasteiger charge is -2.28. The van der Waals surface area contributed by atoms with Gasteiger partial charge in [0.2, 0.25) is 0 Å². The minimum Gasteiger partial charge on any atom is -0.446 e. The van der Waals surface area contributed by atoms with E-state index in [4.69, 9.17) is 10.5 Å². The molecule has 1 aromatic heterocycles. The van der Waals surface area contributed by atoms with Gasteiger partial charge in [0.15, 0.2) is 0 Å². The van der Waals surface area contributed by atoms with Crippen LogP contribution in [0.4, 0.5) is 9.18 Å². The molecule has 0 spiro atoms. The van der Waals surface area contributed by atoms with E-state index in [9.17, 15) is 24.2 Å². The van der Waals surface area contributed by atoms with Gasteiger partial charge in [-0.1, -0.05) is 24.3 Å². The Hall–Kier alpha value is -3.63. The molecule has 2 amide bonds. The lowest BCUT2D eigenvalue weighted by atomic mass is 9.93. The van der Waals surface area contributed by atoms with E-state index in [1.165, 1.54) is 24.4 Å². The minimum atomic E-state index is -1.20. The molecule has 0 bridgehead atoms. The molecule has 3 atom stereocenters. The number of rotatable bonds is 11. The first-order valence-electron chi connectivity index (χ1n) is 11.6. The summed E-state index contributed by atoms with van der Waals surface area (Å²) < 4.78 is 18.9. The molecule has 3 rings (SSSR count). The van der Waals surface area contributed by atoms with E-state index in [1.807, 2.05) is 6.07 Å². The summed E-state index contributed by atoms with van der Waals surface area (Å²) in [5.41, 5.74) is 5.94. The third-order valence-electron chi connectivity index (χ3n) is 5.67. The molecule has 0 unspecified atom stereocenters. The number of hydrogen-bond acceptors (Lipinski definition) is 7. The van der Waals surface area contributed by atoms with Gasteiger partial charge in [0.25, 0.3) is 5.91 Å². The van der Waals surface area contributed by atoms with Gasteiger partial charge in [-0.05, 0) is 62.9 Å². The van der Waals surface area contributed by atoms with Crippen molar-refractivity contribution in [3.8, 4) is 0 Å². The summed E-state index contributed by atoms with van der Waals surface area (Å²) in [4.78, 5) is 33.0. The molecule has 9 nitrogen and oxygen atoms in total. The average Bonchev–Trinajstić information content (AvgIpc) is 2.81. The normalized spacial score (nSPS) is 14.1. The van der Waals surface area contributed by atoms with Crippen LogP contribution >= 0.6 is 0 Å². The van der Waals surface area contributed by atoms with E-state index in [2.05, 4.69) is 15.3 Å². The first kappa shape index (κ1) is 27.0. The first-order chi connectivity index (χ1) is 17.0. The molecule has 2 aromatic carbocycles. The highest BCUT2D eigenvalue weighted by Crippen LogP contribution is 2.20. The summed E-state index contributed by atoms with van der Waals surface area (Å²) in [6.45, 7) is 3.23. The number of hydrogen-bond donors (Lipinski definition) is 4. The predicted molar refractivity (Wildman–Crippen MR) is 132 cm³/mol. The molecule has 1 heterocycles. The number of halogens is 1. The van der Waals surface area contributed by atoms with Gasteiger partial charge in [0, 0.05) is 6.42 Å². The summed E-state index contributed by atoms with van der Waals surface area (Å²) in [7, 11) is 0. The monoisotopic (exact) mass is 498 g/mol. The van der Waals surface area contributed by atoms with Crippen LogP contribution in [0.3, 0.4) is 0 Å². The topological polar surface area (TPSA) is 148 Å². The number of ether oxygens (including phenoxy) is 1. The van der Waals surface area contributed by atoms with Crippen LogP contribution in [0.5, 0.6) is 0 Å². The van der Waals surface area contributed by atoms with Crippen molar-refractivity contribution >= 4 is 23.0 Å². The van der Waals surface area contributed by atoms with Crippen LogP contribution in [0.1, 0.15) is 49.2 Å². The fourth-order valence-electron chi connectivity index (χ4n) is 3.85. The Morgan fingerprint density at radius 2 is 1.89 bits per heavy atom. The Bertz CT molecular complexity index is 1200. The molecule has 0 saturated heterocycles. The smallest absolute Gasteiger partial charge is 0.404 e. The number of nitrogens with one attached hydrogen (secondary N) is 1. The van der Waals surface area contributed by atoms with Gasteiger partial charge in [-0.15, -0.1) is 0 Å². The van der Waals surface area contributed by atoms with Crippen molar-refractivity contribution in [3.63, 3.8) is 0 Å². The minimum absolute atomic E-state index is 0.0529. The molecule has 0 fully saturated rings. The summed E-state index contributed by atoms with van der Waals surface area (Å²) in [6.07, 6.45) is -1.13. The van der Waals surface area contributed by atoms with Crippen molar-refractivity contribution in [3.05, 3.63) is 71.8 Å². The van der Waals surface area contributed by atoms with Gasteiger partial charge in [-0.25, -0.2) is 14.2 Å². The van der Waals surface area contributed by atoms with Crippen LogP contribution in [0.2, 0.25) is 0 Å². The quantitative estimate of drug-likeness (QED) is 0.318. The number of amides is 2. The number of aromatic nitrogens is 2. The van der Waals surface area contributed by atoms with E-state index in [0.717, 1.165) is 0 Å². The van der Waals surface area contributed by atoms with Crippen molar-refractivity contribution in [2.75, 3.05) is 0 Å². The number of aliphatic hydroxyl groups is 2. The number of nitrogens with zero attached hydrogens (tertiary/aromatic N) is 2. The Morgan fingerprint density at radius 3 is 2.56 bits per heavy atom. The third kappa shape index (κ3) is 8.24. The predicted octanol–water partition coefficient (Wildman–Crippen LogP) is 2.88. The number of nitrogens with two attached hydrogens (primary N) is 1. The van der Waals surface area contributed by atoms with Crippen LogP contribution in [0.15, 0.2) is 54.7 Å². The molecule has 5 N–H and O–H groups in total. The number of carbonyl (C=O) groups excluding carboxylic acids is 2. The van der Waals surface area contributed by atoms with Crippen LogP contribution in [0, 0.1) is 5.82 Å². The van der Waals surface area contributed by atoms with Gasteiger partial charge < -0.3 is 26.0 Å². The molecule has 192 valence electrons. The van der Waals surface area contributed by atoms with E-state index in [0.29, 0.717) is 16.6 Å². The molecule has 0 saturated carbocycles. The molecule has 36 heavy (non-hydrogen) atoms. The Labute approximate surface area is 208 Å². The number of carbonyl (C=O) groups is 2. The van der Waals surface area contributed by atoms with E-state index >= 15 is 0 Å². The van der Waals surface area contributed by atoms with Crippen molar-refractivity contribution in [1.82, 2.24) is 15.3 Å². The van der Waals surface area contributed by atoms with Crippen LogP contribution in [-0.4, -0.2) is 56.0 Å². The SMILES string of the molecule is CC(C)(O)CC[C@@H](C[C@@H](O)[C@H](Cc1cccc(F)c1)NC(=O)c1cnc2ccccc2n1)OC(N)=O. The Morgan fingerprint density at radius 1 is 1.17 bits per heavy atom. The largest absolute Gasteiger partial charge is 0.446 e. The third-order valence-corrected chi connectivity index (χ3v) is 5.67. The van der Waals surface area contributed by atoms with Gasteiger partial charge in [0.05, 0.1) is 35.0 Å². The molecular formula is C26H31FN4O5. The first-order valence-corrected chi connectivity index (χ1v) is 11.6. The zero-order valence-corrected chi connectivity index (χ0v) is 20.2. The summed E-state index contributed by atoms with van der Waals surface area (Å²) >= 11 is 0. The molecule has 3 aromatic rings. The lowest BCUT2D eigenvalue weighted by molar-refractivity contribution is 0.0147. The highest BCUT2D eigenvalue weighted by atomic mass is 19.1. The van der Waals surface area contributed by atoms with Crippen molar-refractivity contribution < 1.29 is 28.9 Å². The number of primary amides is 1. The molecule has 0 aliphatic carbocycles. The summed E-state index contributed by atoms with van der Waals surface area (Å²) in [5.74, 6) is -1.02. The van der Waals surface area contributed by atoms with Crippen LogP contribution < -0.4 is 11.1 Å². The van der Waals surface area contributed by atoms with Crippen molar-refractivity contribution in [2.24, 2.45) is 5.73 Å². The zero-order chi connectivity index (χ0) is 26.3. The van der Waals surface area contributed by atoms with Crippen molar-refractivity contribution in [2.45, 2.75) is 63.4 Å². The van der Waals surface area contributed by atoms with E-state index in [-0.39, 0.29) is 31.4 Å². The summed E-state index contributed by atoms with van der Waals surface area (Å²) in [6, 6.07) is 12.0. The average molecular weight is 499 g/mol. The maximum Gasteiger partial charge on any atom is 0.404 e. The standard InChI is InChI=1S/C26H31FN4O5/c1-26(2,35)11-10-18(36-25(28)34)14-23(32)21(13-16-6-5-7-17(27)12-16)31-24(33)22-15-29-19-8-3-4-9-20(19)30-22/h3-9,12,15,18,21,23,32,35H,10-11,13-14H2,1-2H3,(H2,28,34)(H,31,33)/t18-,21-,23+/m0/s1. The van der Waals surface area contributed by atoms with Gasteiger partial charge in [-0.3, -0.25) is 9.78 Å². The molecule has 0 aliphatic rings. The molecule has 0 radical (unpaired) electrons. The maximum absolute atomic E-state index is 13.8. The Kier molecular flexibility index (Phi) is 8.89. The number of fused-ring (bicyclic) bond motifs is 1. The highest BCUT2D eigenvalue weighted by Gasteiger charge is 2.28. The molecule has 0 aliphatic heterocycles. The number of benzene rings is 2. The maximum atomic E-state index is 13.8. The van der Waals surface area contributed by atoms with E-state index in [1.54, 1.807) is 38.1 Å². The Balaban J connectivity index is 1.81. The van der Waals surface area contributed by atoms with Crippen molar-refractivity contribution in [1.29, 1.82) is 0 Å². The second-order valence-corrected chi connectivity index (χ2v) is 9.37. The van der Waals surface area contributed by atoms with Crippen LogP contribution in [0.25, 0.3) is 11.0 Å². The second kappa shape index (κ2) is 11.9. The van der Waals surface area contributed by atoms with Gasteiger partial charge in [0.1, 0.15) is 17.6 Å². The zero-order valence-electron chi connectivity index (χ0n) is 20.2. The van der Waals surface area contributed by atoms with Gasteiger partial charge in [-0.2, -0.15) is 0 Å². The summed E-state index contributed by atoms with van der Waals surface area (Å²) in [5, 5.41) is 23.9.